The van der Waals surface area contributed by atoms with Gasteiger partial charge in [0, 0.05) is 55.3 Å². The number of nitrogens with two attached hydrogens (primary N) is 1. The molecule has 0 spiro atoms. The van der Waals surface area contributed by atoms with Crippen LogP contribution in [-0.4, -0.2) is 120 Å². The van der Waals surface area contributed by atoms with Crippen LogP contribution in [0.4, 0.5) is 4.48 Å². The van der Waals surface area contributed by atoms with E-state index in [2.05, 4.69) is 120 Å². The van der Waals surface area contributed by atoms with E-state index in [1.807, 2.05) is 5.73 Å². The molecule has 7 atom stereocenters. The van der Waals surface area contributed by atoms with Gasteiger partial charge in [-0.25, -0.2) is 42.1 Å². The van der Waals surface area contributed by atoms with Crippen molar-refractivity contribution in [1.82, 2.24) is 5.54 Å². The molecule has 0 bridgehead atoms. The van der Waals surface area contributed by atoms with Crippen molar-refractivity contribution in [3.63, 3.8) is 0 Å². The van der Waals surface area contributed by atoms with Gasteiger partial charge in [-0.3, -0.25) is 41.5 Å². The van der Waals surface area contributed by atoms with Gasteiger partial charge in [-0.1, -0.05) is 0 Å². The fraction of sp³-hybridized carbons (Fsp3) is 0.714. The van der Waals surface area contributed by atoms with Crippen LogP contribution in [0.2, 0.25) is 1.41 Å². The molecule has 0 heterocycles. The summed E-state index contributed by atoms with van der Waals surface area (Å²) in [5.74, 6) is -2.12. The van der Waals surface area contributed by atoms with E-state index in [0.717, 1.165) is 6.66 Å². The molecule has 0 aromatic carbocycles. The summed E-state index contributed by atoms with van der Waals surface area (Å²) in [6.45, 7) is -6.44. The molecular formula is C21H45FN2O38P6. The average Bonchev–Trinajstić information content (AvgIpc) is 3.25. The first-order valence-electron chi connectivity index (χ1n) is 17.4. The molecule has 0 saturated carbocycles. The zero-order valence-corrected chi connectivity index (χ0v) is 39.3. The SMILES string of the molecule is [3H]NCC(COP(=O)(O)O)COP(=O)(O)OCCOOOOO/C=C\OP(=O)(O)OCCOOOOO/C=C/OP(=O)(O)OCC(CNF)COP(=O)(O)OCCOOOOO/C=C/OP(C)(=O)O. The van der Waals surface area contributed by atoms with Crippen LogP contribution in [0.1, 0.15) is 0 Å². The van der Waals surface area contributed by atoms with Crippen molar-refractivity contribution in [3.8, 4) is 0 Å². The fourth-order valence-electron chi connectivity index (χ4n) is 2.66. The van der Waals surface area contributed by atoms with Crippen LogP contribution in [0, 0.1) is 11.8 Å². The van der Waals surface area contributed by atoms with Crippen LogP contribution in [0.5, 0.6) is 0 Å². The van der Waals surface area contributed by atoms with E-state index in [0.29, 0.717) is 37.6 Å². The van der Waals surface area contributed by atoms with Crippen LogP contribution in [0.15, 0.2) is 37.6 Å². The average molecular weight is 1140 g/mol. The monoisotopic (exact) mass is 1140 g/mol. The molecule has 0 aliphatic heterocycles. The highest BCUT2D eigenvalue weighted by Crippen LogP contribution is 2.47. The second-order valence-electron chi connectivity index (χ2n) is 10.6. The Morgan fingerprint density at radius 3 is 1.25 bits per heavy atom. The molecule has 0 fully saturated rings. The van der Waals surface area contributed by atoms with E-state index in [1.54, 1.807) is 0 Å². The van der Waals surface area contributed by atoms with Gasteiger partial charge in [-0.15, -0.1) is 4.48 Å². The maximum atomic E-state index is 12.7. The van der Waals surface area contributed by atoms with Gasteiger partial charge < -0.3 is 58.4 Å². The molecule has 0 aliphatic rings. The third-order valence-electron chi connectivity index (χ3n) is 5.22. The largest absolute Gasteiger partial charge is 0.527 e. The number of rotatable bonds is 49. The summed E-state index contributed by atoms with van der Waals surface area (Å²) < 4.78 is 133. The molecule has 0 aromatic heterocycles. The Morgan fingerprint density at radius 2 is 0.853 bits per heavy atom. The highest BCUT2D eigenvalue weighted by Gasteiger charge is 2.28. The Bertz CT molecular complexity index is 1710. The Kier molecular flexibility index (Phi) is 35.8. The van der Waals surface area contributed by atoms with Gasteiger partial charge in [-0.05, 0) is 21.7 Å². The summed E-state index contributed by atoms with van der Waals surface area (Å²) in [5, 5.41) is 35.4. The number of hydrogen-bond acceptors (Lipinski definition) is 33. The van der Waals surface area contributed by atoms with Crippen LogP contribution < -0.4 is 11.3 Å². The lowest BCUT2D eigenvalue weighted by atomic mass is 10.2. The summed E-state index contributed by atoms with van der Waals surface area (Å²) in [7, 11) is -27.8. The van der Waals surface area contributed by atoms with Crippen LogP contribution in [-0.2, 0) is 147 Å². The van der Waals surface area contributed by atoms with Crippen LogP contribution in [0.25, 0.3) is 0 Å². The summed E-state index contributed by atoms with van der Waals surface area (Å²) in [5.41, 5.74) is 3.12. The van der Waals surface area contributed by atoms with Crippen LogP contribution in [0.3, 0.4) is 0 Å². The predicted molar refractivity (Wildman–Crippen MR) is 195 cm³/mol. The van der Waals surface area contributed by atoms with Gasteiger partial charge in [0.25, 0.3) is 0 Å². The lowest BCUT2D eigenvalue weighted by Crippen LogP contribution is -2.25. The molecular weight excluding hydrogens is 1090 g/mol. The lowest BCUT2D eigenvalue weighted by Gasteiger charge is -2.19. The predicted octanol–water partition coefficient (Wildman–Crippen LogP) is 0.770. The molecule has 40 nitrogen and oxygen atoms in total. The molecule has 0 aliphatic carbocycles. The topological polar surface area (TPSA) is 513 Å². The second kappa shape index (κ2) is 37.9. The second-order valence-corrected chi connectivity index (χ2v) is 19.4. The van der Waals surface area contributed by atoms with E-state index in [1.165, 1.54) is 5.54 Å². The highest BCUT2D eigenvalue weighted by molar-refractivity contribution is 7.52. The first-order chi connectivity index (χ1) is 32.4. The zero-order chi connectivity index (χ0) is 52.0. The minimum absolute atomic E-state index is 0.226. The smallest absolute Gasteiger partial charge is 0.429 e. The van der Waals surface area contributed by atoms with Crippen molar-refractivity contribution >= 4 is 46.7 Å². The number of halogens is 1. The highest BCUT2D eigenvalue weighted by atomic mass is 31.2. The van der Waals surface area contributed by atoms with Gasteiger partial charge in [0.15, 0.2) is 18.8 Å². The van der Waals surface area contributed by atoms with Gasteiger partial charge in [0.05, 0.1) is 46.2 Å². The van der Waals surface area contributed by atoms with E-state index < -0.39 is 131 Å². The quantitative estimate of drug-likeness (QED) is 0.0101. The summed E-state index contributed by atoms with van der Waals surface area (Å²) >= 11 is 0. The first kappa shape index (κ1) is 64.2. The minimum Gasteiger partial charge on any atom is -0.429 e. The van der Waals surface area contributed by atoms with E-state index >= 15 is 0 Å². The van der Waals surface area contributed by atoms with E-state index in [-0.39, 0.29) is 6.54 Å². The van der Waals surface area contributed by atoms with Crippen molar-refractivity contribution in [2.45, 2.75) is 0 Å². The number of phosphoric acid groups is 5. The molecule has 68 heavy (non-hydrogen) atoms. The Hall–Kier alpha value is -1.79. The fourth-order valence-corrected chi connectivity index (χ4v) is 6.13. The Morgan fingerprint density at radius 1 is 0.485 bits per heavy atom. The standard InChI is InChI=1S/C21H45FN2O38P6/c1-63(25,26)44-8-2-38-54-60-57-42-6-12-48-67(34,35)52-18-21(15-24-22)19-53-68(36,37)49-13-7-43-59-62-56-40-4-10-46-65(30,31)45-9-3-39-55-61-58-41-5-11-47-66(32,33)51-17-20(14-23)16-50-64(27,28)29/h2-3,7-9,13,20-21,24H,4-6,10-12,14-19,23H2,1H3,(H,25,26)(H,30,31)(H,32,33)(H,34,35)(H,36,37)(H2,27,28,29)/b8-2+,9-3-,13-7+/i/hT. The zero-order valence-electron chi connectivity index (χ0n) is 35.0. The summed E-state index contributed by atoms with van der Waals surface area (Å²) in [6.07, 6.45) is 3.08. The molecule has 0 amide bonds. The maximum absolute atomic E-state index is 12.7. The van der Waals surface area contributed by atoms with Gasteiger partial charge in [-0.2, -0.15) is 5.54 Å². The van der Waals surface area contributed by atoms with Crippen molar-refractivity contribution in [3.05, 3.63) is 37.6 Å². The molecule has 10 N–H and O–H groups in total. The van der Waals surface area contributed by atoms with Gasteiger partial charge >= 0.3 is 46.7 Å². The van der Waals surface area contributed by atoms with E-state index in [4.69, 9.17) is 16.1 Å². The normalized spacial score (nSPS) is 17.9. The number of nitrogens with one attached hydrogen (secondary N) is 1. The van der Waals surface area contributed by atoms with Gasteiger partial charge in [0.1, 0.15) is 40.0 Å². The lowest BCUT2D eigenvalue weighted by molar-refractivity contribution is -0.700. The molecule has 0 rings (SSSR count). The molecule has 0 aromatic rings. The maximum Gasteiger partial charge on any atom is 0.527 e. The van der Waals surface area contributed by atoms with E-state index in [9.17, 15) is 51.4 Å². The number of phosphoric ester groups is 5. The minimum atomic E-state index is -4.92. The number of hydrogen-bond donors (Lipinski definition) is 9. The third-order valence-corrected chi connectivity index (χ3v) is 9.95. The van der Waals surface area contributed by atoms with Crippen molar-refractivity contribution in [2.24, 2.45) is 17.6 Å². The third kappa shape index (κ3) is 45.4. The Labute approximate surface area is 380 Å². The van der Waals surface area contributed by atoms with Crippen molar-refractivity contribution in [1.29, 1.82) is 0 Å². The molecule has 0 radical (unpaired) electrons. The summed E-state index contributed by atoms with van der Waals surface area (Å²) in [6, 6.07) is 0. The first-order valence-corrected chi connectivity index (χ1v) is 26.5. The molecule has 0 saturated heterocycles. The summed E-state index contributed by atoms with van der Waals surface area (Å²) in [4.78, 5) is 90.3. The van der Waals surface area contributed by atoms with Crippen molar-refractivity contribution < 1.29 is 187 Å². The molecule has 47 heteroatoms. The Balaban J connectivity index is 4.02. The molecule has 404 valence electrons. The van der Waals surface area contributed by atoms with Crippen molar-refractivity contribution in [2.75, 3.05) is 85.8 Å². The van der Waals surface area contributed by atoms with Gasteiger partial charge in [0.2, 0.25) is 0 Å². The van der Waals surface area contributed by atoms with Crippen LogP contribution >= 0.6 is 46.7 Å². The molecule has 7 unspecified atom stereocenters.